The number of rotatable bonds is 0. The molecule has 3 heteroatoms. The monoisotopic (exact) mass is 184 g/mol. The fourth-order valence-corrected chi connectivity index (χ4v) is 1.59. The van der Waals surface area contributed by atoms with Gasteiger partial charge in [0.2, 0.25) is 5.91 Å². The number of nitrogens with zero attached hydrogens (tertiary/aromatic N) is 1. The minimum atomic E-state index is -0.239. The van der Waals surface area contributed by atoms with Gasteiger partial charge in [0.15, 0.2) is 0 Å². The minimum absolute atomic E-state index is 0.239. The molecule has 0 radical (unpaired) electrons. The first-order chi connectivity index (χ1) is 5.91. The predicted molar refractivity (Wildman–Crippen MR) is 53.5 cm³/mol. The summed E-state index contributed by atoms with van der Waals surface area (Å²) in [6.07, 6.45) is 0. The summed E-state index contributed by atoms with van der Waals surface area (Å²) >= 11 is 0. The molecule has 0 saturated carbocycles. The summed E-state index contributed by atoms with van der Waals surface area (Å²) in [5.74, 6) is 0.265. The molecule has 1 rings (SSSR count). The van der Waals surface area contributed by atoms with Crippen molar-refractivity contribution in [2.75, 3.05) is 19.6 Å². The molecule has 1 N–H and O–H groups in total. The Balaban J connectivity index is 2.56. The van der Waals surface area contributed by atoms with E-state index in [9.17, 15) is 4.79 Å². The van der Waals surface area contributed by atoms with Gasteiger partial charge in [0.1, 0.15) is 0 Å². The Bertz CT molecular complexity index is 196. The van der Waals surface area contributed by atoms with Gasteiger partial charge in [-0.15, -0.1) is 0 Å². The number of hydrogen-bond acceptors (Lipinski definition) is 2. The van der Waals surface area contributed by atoms with Gasteiger partial charge in [-0.1, -0.05) is 20.8 Å². The number of piperazine rings is 1. The molecule has 1 heterocycles. The molecule has 0 bridgehead atoms. The fraction of sp³-hybridized carbons (Fsp3) is 0.900. The van der Waals surface area contributed by atoms with Crippen LogP contribution in [0.5, 0.6) is 0 Å². The first-order valence-corrected chi connectivity index (χ1v) is 4.94. The molecule has 0 aromatic rings. The van der Waals surface area contributed by atoms with Crippen molar-refractivity contribution in [2.24, 2.45) is 5.41 Å². The zero-order chi connectivity index (χ0) is 10.1. The van der Waals surface area contributed by atoms with E-state index in [4.69, 9.17) is 0 Å². The molecular formula is C10H20N2O. The zero-order valence-electron chi connectivity index (χ0n) is 9.05. The van der Waals surface area contributed by atoms with E-state index in [0.29, 0.717) is 6.04 Å². The summed E-state index contributed by atoms with van der Waals surface area (Å²) in [7, 11) is 0. The Morgan fingerprint density at radius 3 is 2.54 bits per heavy atom. The minimum Gasteiger partial charge on any atom is -0.339 e. The van der Waals surface area contributed by atoms with Crippen LogP contribution in [0.2, 0.25) is 0 Å². The van der Waals surface area contributed by atoms with E-state index in [1.165, 1.54) is 0 Å². The maximum atomic E-state index is 11.9. The van der Waals surface area contributed by atoms with Gasteiger partial charge >= 0.3 is 0 Å². The van der Waals surface area contributed by atoms with E-state index in [-0.39, 0.29) is 11.3 Å². The number of carbonyl (C=O) groups excluding carboxylic acids is 1. The van der Waals surface area contributed by atoms with Crippen molar-refractivity contribution in [3.8, 4) is 0 Å². The standard InChI is InChI=1S/C10H20N2O/c1-8-7-12(6-5-11-8)9(13)10(2,3)4/h8,11H,5-7H2,1-4H3/t8-/m1/s1. The molecule has 0 unspecified atom stereocenters. The van der Waals surface area contributed by atoms with Crippen LogP contribution in [0, 0.1) is 5.41 Å². The zero-order valence-corrected chi connectivity index (χ0v) is 9.05. The molecule has 1 atom stereocenters. The van der Waals surface area contributed by atoms with Crippen molar-refractivity contribution >= 4 is 5.91 Å². The predicted octanol–water partition coefficient (Wildman–Crippen LogP) is 0.853. The summed E-state index contributed by atoms with van der Waals surface area (Å²) in [5, 5.41) is 3.32. The SMILES string of the molecule is C[C@@H]1CN(C(=O)C(C)(C)C)CCN1. The van der Waals surface area contributed by atoms with Crippen molar-refractivity contribution in [3.63, 3.8) is 0 Å². The highest BCUT2D eigenvalue weighted by atomic mass is 16.2. The third kappa shape index (κ3) is 2.69. The molecule has 0 aromatic carbocycles. The average molecular weight is 184 g/mol. The van der Waals surface area contributed by atoms with Gasteiger partial charge in [-0.05, 0) is 6.92 Å². The maximum Gasteiger partial charge on any atom is 0.228 e. The lowest BCUT2D eigenvalue weighted by molar-refractivity contribution is -0.140. The van der Waals surface area contributed by atoms with E-state index in [0.717, 1.165) is 19.6 Å². The number of hydrogen-bond donors (Lipinski definition) is 1. The molecule has 1 aliphatic rings. The van der Waals surface area contributed by atoms with Crippen molar-refractivity contribution in [1.82, 2.24) is 10.2 Å². The normalized spacial score (nSPS) is 24.6. The van der Waals surface area contributed by atoms with E-state index < -0.39 is 0 Å². The Labute approximate surface area is 80.5 Å². The lowest BCUT2D eigenvalue weighted by Crippen LogP contribution is -2.53. The molecule has 1 aliphatic heterocycles. The van der Waals surface area contributed by atoms with Gasteiger partial charge in [-0.3, -0.25) is 4.79 Å². The topological polar surface area (TPSA) is 32.3 Å². The number of nitrogens with one attached hydrogen (secondary N) is 1. The van der Waals surface area contributed by atoms with Crippen LogP contribution in [0.3, 0.4) is 0 Å². The third-order valence-electron chi connectivity index (χ3n) is 2.30. The summed E-state index contributed by atoms with van der Waals surface area (Å²) < 4.78 is 0. The van der Waals surface area contributed by atoms with E-state index in [1.54, 1.807) is 0 Å². The van der Waals surface area contributed by atoms with Crippen molar-refractivity contribution in [2.45, 2.75) is 33.7 Å². The first-order valence-electron chi connectivity index (χ1n) is 4.94. The largest absolute Gasteiger partial charge is 0.339 e. The number of amides is 1. The highest BCUT2D eigenvalue weighted by Crippen LogP contribution is 2.18. The molecular weight excluding hydrogens is 164 g/mol. The molecule has 0 aliphatic carbocycles. The quantitative estimate of drug-likeness (QED) is 0.605. The Hall–Kier alpha value is -0.570. The average Bonchev–Trinajstić information content (AvgIpc) is 2.01. The molecule has 1 amide bonds. The van der Waals surface area contributed by atoms with Crippen LogP contribution in [-0.2, 0) is 4.79 Å². The summed E-state index contributed by atoms with van der Waals surface area (Å²) in [6.45, 7) is 10.6. The van der Waals surface area contributed by atoms with Crippen molar-refractivity contribution in [1.29, 1.82) is 0 Å². The number of carbonyl (C=O) groups is 1. The molecule has 0 spiro atoms. The van der Waals surface area contributed by atoms with Gasteiger partial charge in [-0.2, -0.15) is 0 Å². The van der Waals surface area contributed by atoms with Gasteiger partial charge in [0, 0.05) is 31.1 Å². The van der Waals surface area contributed by atoms with Gasteiger partial charge < -0.3 is 10.2 Å². The highest BCUT2D eigenvalue weighted by Gasteiger charge is 2.29. The van der Waals surface area contributed by atoms with Crippen LogP contribution in [0.15, 0.2) is 0 Å². The fourth-order valence-electron chi connectivity index (χ4n) is 1.59. The van der Waals surface area contributed by atoms with Crippen LogP contribution >= 0.6 is 0 Å². The van der Waals surface area contributed by atoms with Gasteiger partial charge in [0.25, 0.3) is 0 Å². The molecule has 0 aromatic heterocycles. The molecule has 1 fully saturated rings. The smallest absolute Gasteiger partial charge is 0.228 e. The lowest BCUT2D eigenvalue weighted by Gasteiger charge is -2.35. The summed E-state index contributed by atoms with van der Waals surface area (Å²) in [4.78, 5) is 13.8. The van der Waals surface area contributed by atoms with Crippen LogP contribution < -0.4 is 5.32 Å². The van der Waals surface area contributed by atoms with E-state index in [2.05, 4.69) is 12.2 Å². The highest BCUT2D eigenvalue weighted by molar-refractivity contribution is 5.81. The maximum absolute atomic E-state index is 11.9. The van der Waals surface area contributed by atoms with Crippen LogP contribution in [-0.4, -0.2) is 36.5 Å². The second kappa shape index (κ2) is 3.66. The molecule has 1 saturated heterocycles. The third-order valence-corrected chi connectivity index (χ3v) is 2.30. The van der Waals surface area contributed by atoms with Crippen molar-refractivity contribution < 1.29 is 4.79 Å². The van der Waals surface area contributed by atoms with Crippen LogP contribution in [0.1, 0.15) is 27.7 Å². The molecule has 76 valence electrons. The second-order valence-corrected chi connectivity index (χ2v) is 4.86. The van der Waals surface area contributed by atoms with E-state index >= 15 is 0 Å². The molecule has 13 heavy (non-hydrogen) atoms. The molecule has 3 nitrogen and oxygen atoms in total. The summed E-state index contributed by atoms with van der Waals surface area (Å²) in [5.41, 5.74) is -0.239. The van der Waals surface area contributed by atoms with Crippen LogP contribution in [0.25, 0.3) is 0 Å². The van der Waals surface area contributed by atoms with Crippen molar-refractivity contribution in [3.05, 3.63) is 0 Å². The lowest BCUT2D eigenvalue weighted by atomic mass is 9.94. The van der Waals surface area contributed by atoms with Gasteiger partial charge in [0.05, 0.1) is 0 Å². The van der Waals surface area contributed by atoms with E-state index in [1.807, 2.05) is 25.7 Å². The Morgan fingerprint density at radius 2 is 2.08 bits per heavy atom. The van der Waals surface area contributed by atoms with Crippen LogP contribution in [0.4, 0.5) is 0 Å². The Morgan fingerprint density at radius 1 is 1.46 bits per heavy atom. The Kier molecular flexibility index (Phi) is 2.96. The second-order valence-electron chi connectivity index (χ2n) is 4.86. The first kappa shape index (κ1) is 10.5. The summed E-state index contributed by atoms with van der Waals surface area (Å²) in [6, 6.07) is 0.431. The van der Waals surface area contributed by atoms with Gasteiger partial charge in [-0.25, -0.2) is 0 Å².